The zero-order valence-corrected chi connectivity index (χ0v) is 13.4. The Kier molecular flexibility index (Phi) is 5.82. The predicted octanol–water partition coefficient (Wildman–Crippen LogP) is 2.18. The van der Waals surface area contributed by atoms with E-state index in [9.17, 15) is 13.5 Å². The summed E-state index contributed by atoms with van der Waals surface area (Å²) in [5.41, 5.74) is -1.05. The summed E-state index contributed by atoms with van der Waals surface area (Å²) < 4.78 is 32.0. The lowest BCUT2D eigenvalue weighted by Crippen LogP contribution is -2.42. The third kappa shape index (κ3) is 4.09. The molecule has 1 aromatic rings. The highest BCUT2D eigenvalue weighted by molar-refractivity contribution is 7.89. The molecule has 1 rings (SSSR count). The van der Waals surface area contributed by atoms with E-state index in [1.54, 1.807) is 13.8 Å². The first-order valence-corrected chi connectivity index (χ1v) is 8.19. The number of ether oxygens (including phenoxy) is 1. The molecule has 0 saturated carbocycles. The van der Waals surface area contributed by atoms with E-state index in [2.05, 4.69) is 4.72 Å². The Labute approximate surface area is 125 Å². The van der Waals surface area contributed by atoms with Crippen LogP contribution in [0.2, 0.25) is 5.02 Å². The Bertz CT molecular complexity index is 555. The molecule has 0 saturated heterocycles. The van der Waals surface area contributed by atoms with Crippen molar-refractivity contribution in [3.8, 4) is 5.75 Å². The second-order valence-electron chi connectivity index (χ2n) is 4.55. The van der Waals surface area contributed by atoms with Crippen molar-refractivity contribution >= 4 is 21.6 Å². The quantitative estimate of drug-likeness (QED) is 0.807. The maximum absolute atomic E-state index is 12.3. The lowest BCUT2D eigenvalue weighted by Gasteiger charge is -2.25. The molecule has 1 aromatic carbocycles. The van der Waals surface area contributed by atoms with E-state index in [1.807, 2.05) is 0 Å². The van der Waals surface area contributed by atoms with Crippen LogP contribution in [-0.4, -0.2) is 32.8 Å². The van der Waals surface area contributed by atoms with Crippen molar-refractivity contribution in [2.24, 2.45) is 0 Å². The number of hydrogen-bond acceptors (Lipinski definition) is 4. The maximum Gasteiger partial charge on any atom is 0.244 e. The fourth-order valence-corrected chi connectivity index (χ4v) is 3.10. The van der Waals surface area contributed by atoms with E-state index >= 15 is 0 Å². The Balaban J connectivity index is 3.00. The van der Waals surface area contributed by atoms with Gasteiger partial charge in [-0.1, -0.05) is 25.4 Å². The number of benzene rings is 1. The number of aliphatic hydroxyl groups is 1. The smallest absolute Gasteiger partial charge is 0.244 e. The molecule has 2 N–H and O–H groups in total. The Morgan fingerprint density at radius 2 is 1.95 bits per heavy atom. The van der Waals surface area contributed by atoms with Crippen molar-refractivity contribution in [3.05, 3.63) is 23.2 Å². The van der Waals surface area contributed by atoms with Gasteiger partial charge in [0, 0.05) is 17.6 Å². The molecule has 0 amide bonds. The molecule has 7 heteroatoms. The van der Waals surface area contributed by atoms with E-state index in [0.717, 1.165) is 0 Å². The van der Waals surface area contributed by atoms with Crippen LogP contribution in [0.25, 0.3) is 0 Å². The SMILES string of the molecule is CCC(O)(CC)CNS(=O)(=O)c1ccc(Cl)cc1OC. The van der Waals surface area contributed by atoms with Gasteiger partial charge in [0.2, 0.25) is 10.0 Å². The van der Waals surface area contributed by atoms with Gasteiger partial charge in [-0.2, -0.15) is 0 Å². The van der Waals surface area contributed by atoms with Gasteiger partial charge < -0.3 is 9.84 Å². The summed E-state index contributed by atoms with van der Waals surface area (Å²) in [7, 11) is -2.39. The fourth-order valence-electron chi connectivity index (χ4n) is 1.67. The van der Waals surface area contributed by atoms with Crippen molar-refractivity contribution < 1.29 is 18.3 Å². The number of methoxy groups -OCH3 is 1. The normalized spacial score (nSPS) is 12.4. The minimum Gasteiger partial charge on any atom is -0.495 e. The van der Waals surface area contributed by atoms with Crippen LogP contribution >= 0.6 is 11.6 Å². The number of halogens is 1. The summed E-state index contributed by atoms with van der Waals surface area (Å²) in [4.78, 5) is -0.000967. The van der Waals surface area contributed by atoms with E-state index in [0.29, 0.717) is 17.9 Å². The summed E-state index contributed by atoms with van der Waals surface area (Å²) in [6.45, 7) is 3.56. The standard InChI is InChI=1S/C13H20ClNO4S/c1-4-13(16,5-2)9-15-20(17,18)12-7-6-10(14)8-11(12)19-3/h6-8,15-16H,4-5,9H2,1-3H3. The van der Waals surface area contributed by atoms with Gasteiger partial charge in [-0.25, -0.2) is 13.1 Å². The zero-order valence-electron chi connectivity index (χ0n) is 11.8. The minimum absolute atomic E-state index is 0.000967. The molecule has 0 unspecified atom stereocenters. The molecular formula is C13H20ClNO4S. The average Bonchev–Trinajstić information content (AvgIpc) is 2.44. The van der Waals surface area contributed by atoms with E-state index < -0.39 is 15.6 Å². The molecule has 0 aliphatic heterocycles. The van der Waals surface area contributed by atoms with E-state index in [1.165, 1.54) is 25.3 Å². The molecule has 0 fully saturated rings. The molecule has 0 heterocycles. The van der Waals surface area contributed by atoms with Gasteiger partial charge in [0.05, 0.1) is 12.7 Å². The van der Waals surface area contributed by atoms with Crippen molar-refractivity contribution in [1.82, 2.24) is 4.72 Å². The van der Waals surface area contributed by atoms with E-state index in [4.69, 9.17) is 16.3 Å². The highest BCUT2D eigenvalue weighted by atomic mass is 35.5. The summed E-state index contributed by atoms with van der Waals surface area (Å²) >= 11 is 5.80. The molecule has 0 atom stereocenters. The van der Waals surface area contributed by atoms with Gasteiger partial charge in [0.25, 0.3) is 0 Å². The first-order chi connectivity index (χ1) is 9.28. The number of nitrogens with one attached hydrogen (secondary N) is 1. The zero-order chi connectivity index (χ0) is 15.4. The van der Waals surface area contributed by atoms with Crippen LogP contribution in [0.1, 0.15) is 26.7 Å². The van der Waals surface area contributed by atoms with Gasteiger partial charge in [-0.15, -0.1) is 0 Å². The van der Waals surface area contributed by atoms with Crippen molar-refractivity contribution in [2.75, 3.05) is 13.7 Å². The number of rotatable bonds is 7. The van der Waals surface area contributed by atoms with Crippen LogP contribution in [-0.2, 0) is 10.0 Å². The first kappa shape index (κ1) is 17.2. The molecule has 0 aliphatic carbocycles. The van der Waals surface area contributed by atoms with Crippen molar-refractivity contribution in [2.45, 2.75) is 37.2 Å². The highest BCUT2D eigenvalue weighted by Crippen LogP contribution is 2.27. The number of hydrogen-bond donors (Lipinski definition) is 2. The molecule has 20 heavy (non-hydrogen) atoms. The Hall–Kier alpha value is -0.820. The van der Waals surface area contributed by atoms with Crippen LogP contribution in [0.3, 0.4) is 0 Å². The molecule has 0 bridgehead atoms. The van der Waals surface area contributed by atoms with Gasteiger partial charge in [0.15, 0.2) is 0 Å². The summed E-state index contributed by atoms with van der Waals surface area (Å²) in [5, 5.41) is 10.5. The minimum atomic E-state index is -3.77. The average molecular weight is 322 g/mol. The Morgan fingerprint density at radius 1 is 1.35 bits per heavy atom. The molecule has 0 aromatic heterocycles. The van der Waals surface area contributed by atoms with Gasteiger partial charge in [-0.3, -0.25) is 0 Å². The van der Waals surface area contributed by atoms with Gasteiger partial charge in [0.1, 0.15) is 10.6 Å². The summed E-state index contributed by atoms with van der Waals surface area (Å²) in [6.07, 6.45) is 0.924. The molecule has 0 spiro atoms. The third-order valence-corrected chi connectivity index (χ3v) is 5.00. The van der Waals surface area contributed by atoms with E-state index in [-0.39, 0.29) is 17.2 Å². The molecule has 0 aliphatic rings. The topological polar surface area (TPSA) is 75.6 Å². The molecular weight excluding hydrogens is 302 g/mol. The summed E-state index contributed by atoms with van der Waals surface area (Å²) in [6, 6.07) is 4.28. The number of sulfonamides is 1. The third-order valence-electron chi connectivity index (χ3n) is 3.32. The lowest BCUT2D eigenvalue weighted by molar-refractivity contribution is 0.0377. The molecule has 0 radical (unpaired) electrons. The summed E-state index contributed by atoms with van der Waals surface area (Å²) in [5.74, 6) is 0.168. The first-order valence-electron chi connectivity index (χ1n) is 6.33. The second kappa shape index (κ2) is 6.76. The van der Waals surface area contributed by atoms with Crippen LogP contribution in [0.15, 0.2) is 23.1 Å². The largest absolute Gasteiger partial charge is 0.495 e. The van der Waals surface area contributed by atoms with Gasteiger partial charge in [-0.05, 0) is 25.0 Å². The molecule has 5 nitrogen and oxygen atoms in total. The lowest BCUT2D eigenvalue weighted by atomic mass is 9.98. The highest BCUT2D eigenvalue weighted by Gasteiger charge is 2.27. The predicted molar refractivity (Wildman–Crippen MR) is 78.7 cm³/mol. The van der Waals surface area contributed by atoms with Crippen LogP contribution < -0.4 is 9.46 Å². The van der Waals surface area contributed by atoms with Crippen LogP contribution in [0.5, 0.6) is 5.75 Å². The van der Waals surface area contributed by atoms with Crippen molar-refractivity contribution in [1.29, 1.82) is 0 Å². The molecule has 114 valence electrons. The monoisotopic (exact) mass is 321 g/mol. The van der Waals surface area contributed by atoms with Gasteiger partial charge >= 0.3 is 0 Å². The second-order valence-corrected chi connectivity index (χ2v) is 6.72. The fraction of sp³-hybridized carbons (Fsp3) is 0.538. The van der Waals surface area contributed by atoms with Crippen LogP contribution in [0, 0.1) is 0 Å². The Morgan fingerprint density at radius 3 is 2.45 bits per heavy atom. The van der Waals surface area contributed by atoms with Crippen LogP contribution in [0.4, 0.5) is 0 Å². The van der Waals surface area contributed by atoms with Crippen molar-refractivity contribution in [3.63, 3.8) is 0 Å². The maximum atomic E-state index is 12.3.